The van der Waals surface area contributed by atoms with Crippen LogP contribution in [-0.2, 0) is 6.42 Å². The van der Waals surface area contributed by atoms with Gasteiger partial charge in [-0.3, -0.25) is 0 Å². The van der Waals surface area contributed by atoms with Gasteiger partial charge < -0.3 is 0 Å². The Morgan fingerprint density at radius 3 is 2.38 bits per heavy atom. The first kappa shape index (κ1) is 9.90. The maximum atomic E-state index is 11.7. The quantitative estimate of drug-likeness (QED) is 0.626. The maximum Gasteiger partial charge on any atom is 0.242 e. The Hall–Kier alpha value is -1.18. The second-order valence-corrected chi connectivity index (χ2v) is 2.79. The Kier molecular flexibility index (Phi) is 4.16. The molecule has 1 rings (SSSR count). The average molecular weight is 182 g/mol. The molecule has 0 aliphatic heterocycles. The molecule has 70 valence electrons. The molecule has 0 aliphatic rings. The summed E-state index contributed by atoms with van der Waals surface area (Å²) in [6.45, 7) is 0. The molecule has 0 aromatic heterocycles. The zero-order valence-electron chi connectivity index (χ0n) is 7.29. The highest BCUT2D eigenvalue weighted by atomic mass is 19.3. The van der Waals surface area contributed by atoms with Crippen LogP contribution in [0.1, 0.15) is 12.0 Å². The Balaban J connectivity index is 2.31. The van der Waals surface area contributed by atoms with Gasteiger partial charge in [0, 0.05) is 6.42 Å². The molecule has 0 atom stereocenters. The summed E-state index contributed by atoms with van der Waals surface area (Å²) in [5.41, 5.74) is 1.15. The number of rotatable bonds is 4. The van der Waals surface area contributed by atoms with Crippen LogP contribution in [0.3, 0.4) is 0 Å². The zero-order chi connectivity index (χ0) is 9.52. The van der Waals surface area contributed by atoms with Crippen molar-refractivity contribution in [2.45, 2.75) is 19.3 Å². The lowest BCUT2D eigenvalue weighted by Crippen LogP contribution is -1.85. The predicted molar refractivity (Wildman–Crippen MR) is 49.9 cm³/mol. The number of hydrogen-bond donors (Lipinski definition) is 0. The van der Waals surface area contributed by atoms with Crippen molar-refractivity contribution < 1.29 is 8.78 Å². The molecule has 0 radical (unpaired) electrons. The van der Waals surface area contributed by atoms with Crippen molar-refractivity contribution in [3.8, 4) is 0 Å². The fourth-order valence-electron chi connectivity index (χ4n) is 1.03. The normalized spacial score (nSPS) is 11.3. The van der Waals surface area contributed by atoms with Gasteiger partial charge in [-0.2, -0.15) is 0 Å². The van der Waals surface area contributed by atoms with E-state index >= 15 is 0 Å². The molecule has 1 aromatic rings. The number of benzene rings is 1. The van der Waals surface area contributed by atoms with E-state index in [1.165, 1.54) is 6.08 Å². The summed E-state index contributed by atoms with van der Waals surface area (Å²) < 4.78 is 23.4. The smallest absolute Gasteiger partial charge is 0.210 e. The molecule has 1 aromatic carbocycles. The number of alkyl halides is 2. The summed E-state index contributed by atoms with van der Waals surface area (Å²) in [5.74, 6) is 0. The summed E-state index contributed by atoms with van der Waals surface area (Å²) in [5, 5.41) is 0. The Morgan fingerprint density at radius 2 is 1.77 bits per heavy atom. The Labute approximate surface area is 76.9 Å². The van der Waals surface area contributed by atoms with Crippen molar-refractivity contribution in [2.75, 3.05) is 0 Å². The van der Waals surface area contributed by atoms with Gasteiger partial charge >= 0.3 is 0 Å². The number of hydrogen-bond acceptors (Lipinski definition) is 0. The van der Waals surface area contributed by atoms with Crippen molar-refractivity contribution in [2.24, 2.45) is 0 Å². The molecule has 0 fully saturated rings. The first-order valence-electron chi connectivity index (χ1n) is 4.26. The minimum absolute atomic E-state index is 0.146. The van der Waals surface area contributed by atoms with E-state index in [1.54, 1.807) is 6.08 Å². The summed E-state index contributed by atoms with van der Waals surface area (Å²) in [6, 6.07) is 9.78. The molecular weight excluding hydrogens is 170 g/mol. The molecule has 0 N–H and O–H groups in total. The van der Waals surface area contributed by atoms with Crippen LogP contribution in [0.15, 0.2) is 42.5 Å². The second-order valence-electron chi connectivity index (χ2n) is 2.79. The van der Waals surface area contributed by atoms with Crippen molar-refractivity contribution in [3.63, 3.8) is 0 Å². The molecular formula is C11H12F2. The second kappa shape index (κ2) is 5.46. The molecule has 13 heavy (non-hydrogen) atoms. The molecule has 0 heterocycles. The van der Waals surface area contributed by atoms with Gasteiger partial charge in [-0.25, -0.2) is 8.78 Å². The molecule has 2 heteroatoms. The summed E-state index contributed by atoms with van der Waals surface area (Å²) in [7, 11) is 0. The largest absolute Gasteiger partial charge is 0.242 e. The standard InChI is InChI=1S/C11H12F2/c12-11(13)9-5-4-8-10-6-2-1-3-7-10/h1-7,11H,8-9H2/b5-4+. The number of halogens is 2. The van der Waals surface area contributed by atoms with E-state index in [0.717, 1.165) is 12.0 Å². The van der Waals surface area contributed by atoms with Crippen LogP contribution < -0.4 is 0 Å². The van der Waals surface area contributed by atoms with E-state index in [1.807, 2.05) is 30.3 Å². The van der Waals surface area contributed by atoms with Crippen molar-refractivity contribution in [3.05, 3.63) is 48.0 Å². The van der Waals surface area contributed by atoms with Crippen LogP contribution in [0.2, 0.25) is 0 Å². The van der Waals surface area contributed by atoms with Crippen molar-refractivity contribution in [1.29, 1.82) is 0 Å². The third-order valence-electron chi connectivity index (χ3n) is 1.68. The van der Waals surface area contributed by atoms with E-state index < -0.39 is 6.43 Å². The van der Waals surface area contributed by atoms with Gasteiger partial charge in [0.1, 0.15) is 0 Å². The molecule has 0 saturated carbocycles. The molecule has 0 nitrogen and oxygen atoms in total. The minimum atomic E-state index is -2.23. The van der Waals surface area contributed by atoms with E-state index in [0.29, 0.717) is 0 Å². The predicted octanol–water partition coefficient (Wildman–Crippen LogP) is 3.44. The Morgan fingerprint density at radius 1 is 1.08 bits per heavy atom. The third kappa shape index (κ3) is 4.41. The fraction of sp³-hybridized carbons (Fsp3) is 0.273. The van der Waals surface area contributed by atoms with Gasteiger partial charge in [-0.1, -0.05) is 42.5 Å². The van der Waals surface area contributed by atoms with Crippen molar-refractivity contribution in [1.82, 2.24) is 0 Å². The first-order chi connectivity index (χ1) is 6.29. The SMILES string of the molecule is FC(F)C/C=C/Cc1ccccc1. The highest BCUT2D eigenvalue weighted by Crippen LogP contribution is 2.03. The number of allylic oxidation sites excluding steroid dienone is 2. The van der Waals surface area contributed by atoms with E-state index in [4.69, 9.17) is 0 Å². The molecule has 0 amide bonds. The van der Waals surface area contributed by atoms with Crippen LogP contribution in [0.5, 0.6) is 0 Å². The summed E-state index contributed by atoms with van der Waals surface area (Å²) >= 11 is 0. The molecule has 0 unspecified atom stereocenters. The molecule has 0 bridgehead atoms. The van der Waals surface area contributed by atoms with Crippen molar-refractivity contribution >= 4 is 0 Å². The van der Waals surface area contributed by atoms with Gasteiger partial charge in [-0.05, 0) is 12.0 Å². The van der Waals surface area contributed by atoms with Gasteiger partial charge in [0.25, 0.3) is 0 Å². The lowest BCUT2D eigenvalue weighted by Gasteiger charge is -1.94. The van der Waals surface area contributed by atoms with Crippen LogP contribution in [0, 0.1) is 0 Å². The van der Waals surface area contributed by atoms with Crippen LogP contribution in [0.4, 0.5) is 8.78 Å². The van der Waals surface area contributed by atoms with Gasteiger partial charge in [-0.15, -0.1) is 0 Å². The van der Waals surface area contributed by atoms with Gasteiger partial charge in [0.15, 0.2) is 0 Å². The summed E-state index contributed by atoms with van der Waals surface area (Å²) in [4.78, 5) is 0. The van der Waals surface area contributed by atoms with Crippen LogP contribution in [0.25, 0.3) is 0 Å². The summed E-state index contributed by atoms with van der Waals surface area (Å²) in [6.07, 6.45) is 1.66. The molecule has 0 aliphatic carbocycles. The minimum Gasteiger partial charge on any atom is -0.210 e. The van der Waals surface area contributed by atoms with Crippen LogP contribution >= 0.6 is 0 Å². The maximum absolute atomic E-state index is 11.7. The highest BCUT2D eigenvalue weighted by Gasteiger charge is 1.95. The van der Waals surface area contributed by atoms with Gasteiger partial charge in [0.05, 0.1) is 0 Å². The van der Waals surface area contributed by atoms with E-state index in [9.17, 15) is 8.78 Å². The fourth-order valence-corrected chi connectivity index (χ4v) is 1.03. The van der Waals surface area contributed by atoms with Crippen LogP contribution in [-0.4, -0.2) is 6.43 Å². The third-order valence-corrected chi connectivity index (χ3v) is 1.68. The molecule has 0 saturated heterocycles. The average Bonchev–Trinajstić information content (AvgIpc) is 2.14. The molecule has 0 spiro atoms. The monoisotopic (exact) mass is 182 g/mol. The van der Waals surface area contributed by atoms with Gasteiger partial charge in [0.2, 0.25) is 6.43 Å². The zero-order valence-corrected chi connectivity index (χ0v) is 7.29. The topological polar surface area (TPSA) is 0 Å². The highest BCUT2D eigenvalue weighted by molar-refractivity contribution is 5.17. The van der Waals surface area contributed by atoms with E-state index in [-0.39, 0.29) is 6.42 Å². The van der Waals surface area contributed by atoms with E-state index in [2.05, 4.69) is 0 Å². The Bertz CT molecular complexity index is 252. The lowest BCUT2D eigenvalue weighted by molar-refractivity contribution is 0.152. The first-order valence-corrected chi connectivity index (χ1v) is 4.26. The lowest BCUT2D eigenvalue weighted by atomic mass is 10.1.